The average molecular weight is 411 g/mol. The van der Waals surface area contributed by atoms with E-state index in [9.17, 15) is 9.59 Å². The molecule has 0 bridgehead atoms. The molecule has 2 aromatic heterocycles. The highest BCUT2D eigenvalue weighted by Crippen LogP contribution is 2.27. The van der Waals surface area contributed by atoms with Gasteiger partial charge in [0.1, 0.15) is 5.56 Å². The van der Waals surface area contributed by atoms with E-state index in [4.69, 9.17) is 0 Å². The molecule has 8 heteroatoms. The summed E-state index contributed by atoms with van der Waals surface area (Å²) in [5.41, 5.74) is 1.19. The van der Waals surface area contributed by atoms with Gasteiger partial charge in [-0.2, -0.15) is 5.10 Å². The van der Waals surface area contributed by atoms with Gasteiger partial charge in [0.25, 0.3) is 5.91 Å². The molecule has 3 saturated heterocycles. The first-order chi connectivity index (χ1) is 14.7. The van der Waals surface area contributed by atoms with Crippen LogP contribution in [0.1, 0.15) is 48.9 Å². The van der Waals surface area contributed by atoms with Crippen molar-refractivity contribution in [3.63, 3.8) is 0 Å². The molecule has 3 fully saturated rings. The SMILES string of the molecule is O=C(c1cnn2cccnc12)N1CCC(N2CCC[C@H](C(=O)N3CCCC3)C2)CC1. The largest absolute Gasteiger partial charge is 0.342 e. The van der Waals surface area contributed by atoms with Gasteiger partial charge in [0, 0.05) is 51.2 Å². The summed E-state index contributed by atoms with van der Waals surface area (Å²) in [6, 6.07) is 2.27. The van der Waals surface area contributed by atoms with Crippen LogP contribution in [-0.2, 0) is 4.79 Å². The summed E-state index contributed by atoms with van der Waals surface area (Å²) in [4.78, 5) is 36.7. The quantitative estimate of drug-likeness (QED) is 0.770. The number of fused-ring (bicyclic) bond motifs is 1. The van der Waals surface area contributed by atoms with Crippen molar-refractivity contribution >= 4 is 17.5 Å². The molecule has 3 aliphatic rings. The summed E-state index contributed by atoms with van der Waals surface area (Å²) in [7, 11) is 0. The van der Waals surface area contributed by atoms with Crippen LogP contribution in [0, 0.1) is 5.92 Å². The van der Waals surface area contributed by atoms with Crippen molar-refractivity contribution in [2.45, 2.75) is 44.6 Å². The summed E-state index contributed by atoms with van der Waals surface area (Å²) >= 11 is 0. The predicted molar refractivity (Wildman–Crippen MR) is 112 cm³/mol. The van der Waals surface area contributed by atoms with E-state index >= 15 is 0 Å². The van der Waals surface area contributed by atoms with Crippen LogP contribution in [0.2, 0.25) is 0 Å². The maximum Gasteiger partial charge on any atom is 0.259 e. The zero-order valence-electron chi connectivity index (χ0n) is 17.4. The number of aromatic nitrogens is 3. The number of carbonyl (C=O) groups excluding carboxylic acids is 2. The van der Waals surface area contributed by atoms with Gasteiger partial charge in [-0.15, -0.1) is 0 Å². The molecular formula is C22H30N6O2. The molecule has 0 unspecified atom stereocenters. The highest BCUT2D eigenvalue weighted by Gasteiger charge is 2.35. The maximum absolute atomic E-state index is 13.0. The maximum atomic E-state index is 13.0. The van der Waals surface area contributed by atoms with Gasteiger partial charge >= 0.3 is 0 Å². The molecule has 0 radical (unpaired) electrons. The Morgan fingerprint density at radius 3 is 2.53 bits per heavy atom. The van der Waals surface area contributed by atoms with E-state index in [1.165, 1.54) is 0 Å². The molecule has 0 aliphatic carbocycles. The number of carbonyl (C=O) groups is 2. The lowest BCUT2D eigenvalue weighted by molar-refractivity contribution is -0.136. The van der Waals surface area contributed by atoms with Gasteiger partial charge in [-0.3, -0.25) is 14.5 Å². The fourth-order valence-electron chi connectivity index (χ4n) is 5.32. The fraction of sp³-hybridized carbons (Fsp3) is 0.636. The zero-order chi connectivity index (χ0) is 20.5. The van der Waals surface area contributed by atoms with E-state index in [1.54, 1.807) is 23.0 Å². The van der Waals surface area contributed by atoms with E-state index < -0.39 is 0 Å². The standard InChI is InChI=1S/C22H30N6O2/c29-21(25-9-1-2-10-25)17-5-3-11-27(16-17)18-6-13-26(14-7-18)22(30)19-15-24-28-12-4-8-23-20(19)28/h4,8,12,15,17-18H,1-3,5-7,9-11,13-14,16H2/t17-/m0/s1. The molecule has 0 N–H and O–H groups in total. The molecule has 5 rings (SSSR count). The Balaban J connectivity index is 1.18. The second-order valence-corrected chi connectivity index (χ2v) is 8.84. The zero-order valence-corrected chi connectivity index (χ0v) is 17.4. The molecule has 0 spiro atoms. The summed E-state index contributed by atoms with van der Waals surface area (Å²) in [5.74, 6) is 0.537. The molecular weight excluding hydrogens is 380 g/mol. The summed E-state index contributed by atoms with van der Waals surface area (Å²) < 4.78 is 1.64. The third-order valence-corrected chi connectivity index (χ3v) is 7.00. The first-order valence-corrected chi connectivity index (χ1v) is 11.3. The van der Waals surface area contributed by atoms with Crippen molar-refractivity contribution in [1.29, 1.82) is 0 Å². The van der Waals surface area contributed by atoms with Crippen molar-refractivity contribution in [2.75, 3.05) is 39.3 Å². The number of piperidine rings is 2. The normalized spacial score (nSPS) is 23.9. The van der Waals surface area contributed by atoms with Crippen LogP contribution in [0.5, 0.6) is 0 Å². The number of hydrogen-bond donors (Lipinski definition) is 0. The fourth-order valence-corrected chi connectivity index (χ4v) is 5.32. The predicted octanol–water partition coefficient (Wildman–Crippen LogP) is 1.67. The van der Waals surface area contributed by atoms with Crippen LogP contribution in [0.3, 0.4) is 0 Å². The van der Waals surface area contributed by atoms with Gasteiger partial charge in [0.2, 0.25) is 5.91 Å². The molecule has 0 saturated carbocycles. The molecule has 0 aromatic carbocycles. The van der Waals surface area contributed by atoms with E-state index in [0.29, 0.717) is 23.2 Å². The topological polar surface area (TPSA) is 74.0 Å². The third-order valence-electron chi connectivity index (χ3n) is 7.00. The van der Waals surface area contributed by atoms with Crippen molar-refractivity contribution in [2.24, 2.45) is 5.92 Å². The second kappa shape index (κ2) is 8.34. The van der Waals surface area contributed by atoms with Crippen LogP contribution in [0.4, 0.5) is 0 Å². The number of rotatable bonds is 3. The van der Waals surface area contributed by atoms with Crippen LogP contribution < -0.4 is 0 Å². The first-order valence-electron chi connectivity index (χ1n) is 11.3. The minimum atomic E-state index is 0.0166. The Morgan fingerprint density at radius 2 is 1.73 bits per heavy atom. The van der Waals surface area contributed by atoms with Crippen LogP contribution in [0.15, 0.2) is 24.7 Å². The molecule has 3 aliphatic heterocycles. The van der Waals surface area contributed by atoms with Crippen molar-refractivity contribution < 1.29 is 9.59 Å². The average Bonchev–Trinajstić information content (AvgIpc) is 3.49. The summed E-state index contributed by atoms with van der Waals surface area (Å²) in [6.45, 7) is 5.32. The number of likely N-dealkylation sites (tertiary alicyclic amines) is 3. The lowest BCUT2D eigenvalue weighted by Gasteiger charge is -2.42. The number of amides is 2. The van der Waals surface area contributed by atoms with Crippen LogP contribution >= 0.6 is 0 Å². The number of hydrogen-bond acceptors (Lipinski definition) is 5. The van der Waals surface area contributed by atoms with E-state index in [2.05, 4.69) is 19.9 Å². The molecule has 2 aromatic rings. The first kappa shape index (κ1) is 19.5. The Hall–Kier alpha value is -2.48. The molecule has 160 valence electrons. The highest BCUT2D eigenvalue weighted by molar-refractivity contribution is 5.99. The Kier molecular flexibility index (Phi) is 5.41. The summed E-state index contributed by atoms with van der Waals surface area (Å²) in [6.07, 6.45) is 11.5. The van der Waals surface area contributed by atoms with Crippen LogP contribution in [0.25, 0.3) is 5.65 Å². The summed E-state index contributed by atoms with van der Waals surface area (Å²) in [5, 5.41) is 4.24. The molecule has 30 heavy (non-hydrogen) atoms. The monoisotopic (exact) mass is 410 g/mol. The molecule has 2 amide bonds. The van der Waals surface area contributed by atoms with Crippen molar-refractivity contribution in [3.05, 3.63) is 30.2 Å². The Morgan fingerprint density at radius 1 is 0.933 bits per heavy atom. The van der Waals surface area contributed by atoms with Gasteiger partial charge in [-0.1, -0.05) is 0 Å². The molecule has 8 nitrogen and oxygen atoms in total. The number of nitrogens with zero attached hydrogens (tertiary/aromatic N) is 6. The van der Waals surface area contributed by atoms with Gasteiger partial charge in [0.05, 0.1) is 12.1 Å². The van der Waals surface area contributed by atoms with Crippen molar-refractivity contribution in [3.8, 4) is 0 Å². The van der Waals surface area contributed by atoms with Gasteiger partial charge in [-0.25, -0.2) is 9.50 Å². The van der Waals surface area contributed by atoms with E-state index in [0.717, 1.165) is 77.8 Å². The van der Waals surface area contributed by atoms with E-state index in [-0.39, 0.29) is 11.8 Å². The highest BCUT2D eigenvalue weighted by atomic mass is 16.2. The minimum absolute atomic E-state index is 0.0166. The van der Waals surface area contributed by atoms with Gasteiger partial charge in [0.15, 0.2) is 5.65 Å². The van der Waals surface area contributed by atoms with Gasteiger partial charge < -0.3 is 9.80 Å². The van der Waals surface area contributed by atoms with Crippen LogP contribution in [-0.4, -0.2) is 86.4 Å². The lowest BCUT2D eigenvalue weighted by atomic mass is 9.93. The molecule has 1 atom stereocenters. The minimum Gasteiger partial charge on any atom is -0.342 e. The van der Waals surface area contributed by atoms with Gasteiger partial charge in [-0.05, 0) is 51.1 Å². The third kappa shape index (κ3) is 3.69. The Labute approximate surface area is 176 Å². The van der Waals surface area contributed by atoms with E-state index in [1.807, 2.05) is 11.1 Å². The Bertz CT molecular complexity index is 913. The van der Waals surface area contributed by atoms with Crippen molar-refractivity contribution in [1.82, 2.24) is 29.3 Å². The second-order valence-electron chi connectivity index (χ2n) is 8.84. The lowest BCUT2D eigenvalue weighted by Crippen LogP contribution is -2.51. The molecule has 5 heterocycles. The smallest absolute Gasteiger partial charge is 0.259 e.